The summed E-state index contributed by atoms with van der Waals surface area (Å²) in [7, 11) is 3.27. The molecule has 0 aliphatic rings. The van der Waals surface area contributed by atoms with Crippen LogP contribution in [0.25, 0.3) is 10.9 Å². The van der Waals surface area contributed by atoms with Crippen LogP contribution in [-0.2, 0) is 11.2 Å². The molecule has 0 aliphatic carbocycles. The quantitative estimate of drug-likeness (QED) is 0.259. The molecule has 1 heterocycles. The molecule has 0 saturated heterocycles. The summed E-state index contributed by atoms with van der Waals surface area (Å²) in [5, 5.41) is 13.3. The van der Waals surface area contributed by atoms with E-state index in [1.807, 2.05) is 25.1 Å². The van der Waals surface area contributed by atoms with E-state index < -0.39 is 5.97 Å². The van der Waals surface area contributed by atoms with Gasteiger partial charge in [0.15, 0.2) is 11.5 Å². The summed E-state index contributed by atoms with van der Waals surface area (Å²) < 4.78 is 12.4. The fraction of sp³-hybridized carbons (Fsp3) is 0.423. The van der Waals surface area contributed by atoms with Crippen molar-refractivity contribution in [2.24, 2.45) is 0 Å². The molecule has 1 unspecified atom stereocenters. The van der Waals surface area contributed by atoms with Crippen molar-refractivity contribution in [3.63, 3.8) is 0 Å². The van der Waals surface area contributed by atoms with Crippen LogP contribution in [0.5, 0.6) is 11.5 Å². The van der Waals surface area contributed by atoms with E-state index in [-0.39, 0.29) is 12.5 Å². The van der Waals surface area contributed by atoms with Gasteiger partial charge in [-0.05, 0) is 56.9 Å². The van der Waals surface area contributed by atoms with E-state index in [0.29, 0.717) is 23.7 Å². The maximum absolute atomic E-state index is 10.7. The topological polar surface area (TPSA) is 93.6 Å². The van der Waals surface area contributed by atoms with Gasteiger partial charge in [0.05, 0.1) is 25.8 Å². The number of unbranched alkanes of at least 4 members (excludes halogenated alkanes) is 3. The van der Waals surface area contributed by atoms with Crippen LogP contribution in [0.4, 0.5) is 5.82 Å². The number of carboxylic acid groups (broad SMARTS) is 1. The van der Waals surface area contributed by atoms with Gasteiger partial charge < -0.3 is 19.9 Å². The van der Waals surface area contributed by atoms with Crippen molar-refractivity contribution in [1.29, 1.82) is 0 Å². The number of ether oxygens (including phenoxy) is 2. The van der Waals surface area contributed by atoms with Crippen molar-refractivity contribution < 1.29 is 19.4 Å². The Kier molecular flexibility index (Phi) is 9.10. The highest BCUT2D eigenvalue weighted by Crippen LogP contribution is 2.40. The van der Waals surface area contributed by atoms with E-state index in [2.05, 4.69) is 40.3 Å². The molecule has 182 valence electrons. The SMILES string of the molecule is COc1cc2c(NC(C)c3cccc(Br)c3)nc(C)nc2c(CCCCCCC(=O)O)c1OC. The van der Waals surface area contributed by atoms with Gasteiger partial charge in [-0.1, -0.05) is 40.9 Å². The molecule has 3 aromatic rings. The Morgan fingerprint density at radius 1 is 1.12 bits per heavy atom. The third-order valence-electron chi connectivity index (χ3n) is 5.81. The van der Waals surface area contributed by atoms with E-state index in [9.17, 15) is 4.79 Å². The third kappa shape index (κ3) is 6.38. The van der Waals surface area contributed by atoms with E-state index in [4.69, 9.17) is 24.5 Å². The number of aromatic nitrogens is 2. The van der Waals surface area contributed by atoms with Crippen LogP contribution in [0.3, 0.4) is 0 Å². The lowest BCUT2D eigenvalue weighted by molar-refractivity contribution is -0.137. The van der Waals surface area contributed by atoms with Crippen molar-refractivity contribution >= 4 is 38.6 Å². The molecule has 8 heteroatoms. The van der Waals surface area contributed by atoms with Crippen molar-refractivity contribution in [2.45, 2.75) is 58.4 Å². The van der Waals surface area contributed by atoms with Gasteiger partial charge in [-0.25, -0.2) is 9.97 Å². The molecule has 0 saturated carbocycles. The first-order valence-corrected chi connectivity index (χ1v) is 12.3. The van der Waals surface area contributed by atoms with Crippen molar-refractivity contribution in [3.8, 4) is 11.5 Å². The minimum Gasteiger partial charge on any atom is -0.493 e. The summed E-state index contributed by atoms with van der Waals surface area (Å²) >= 11 is 3.55. The molecular weight excluding hydrogens is 498 g/mol. The third-order valence-corrected chi connectivity index (χ3v) is 6.30. The second-order valence-electron chi connectivity index (χ2n) is 8.34. The number of halogens is 1. The number of nitrogens with one attached hydrogen (secondary N) is 1. The molecule has 1 atom stereocenters. The molecule has 0 bridgehead atoms. The molecule has 3 rings (SSSR count). The predicted octanol–water partition coefficient (Wildman–Crippen LogP) is 6.47. The zero-order valence-electron chi connectivity index (χ0n) is 20.2. The second kappa shape index (κ2) is 12.0. The molecule has 0 amide bonds. The minimum absolute atomic E-state index is 0.0285. The second-order valence-corrected chi connectivity index (χ2v) is 9.25. The number of methoxy groups -OCH3 is 2. The van der Waals surface area contributed by atoms with Gasteiger partial charge in [-0.3, -0.25) is 4.79 Å². The standard InChI is InChI=1S/C26H32BrN3O4/c1-16(18-10-9-11-19(27)14-18)28-26-21-15-22(33-3)25(34-4)20(24(21)29-17(2)30-26)12-7-5-6-8-13-23(31)32/h9-11,14-16H,5-8,12-13H2,1-4H3,(H,31,32)(H,28,29,30). The molecular formula is C26H32BrN3O4. The highest BCUT2D eigenvalue weighted by Gasteiger charge is 2.20. The number of carboxylic acids is 1. The lowest BCUT2D eigenvalue weighted by Gasteiger charge is -2.20. The van der Waals surface area contributed by atoms with Gasteiger partial charge in [-0.15, -0.1) is 0 Å². The van der Waals surface area contributed by atoms with Crippen molar-refractivity contribution in [3.05, 3.63) is 51.8 Å². The average Bonchev–Trinajstić information content (AvgIpc) is 2.80. The Morgan fingerprint density at radius 2 is 1.88 bits per heavy atom. The van der Waals surface area contributed by atoms with Gasteiger partial charge in [-0.2, -0.15) is 0 Å². The predicted molar refractivity (Wildman–Crippen MR) is 138 cm³/mol. The summed E-state index contributed by atoms with van der Waals surface area (Å²) in [6.45, 7) is 3.99. The van der Waals surface area contributed by atoms with Crippen LogP contribution < -0.4 is 14.8 Å². The fourth-order valence-electron chi connectivity index (χ4n) is 4.11. The number of hydrogen-bond donors (Lipinski definition) is 2. The number of fused-ring (bicyclic) bond motifs is 1. The minimum atomic E-state index is -0.746. The average molecular weight is 530 g/mol. The van der Waals surface area contributed by atoms with Crippen LogP contribution >= 0.6 is 15.9 Å². The van der Waals surface area contributed by atoms with Gasteiger partial charge in [0.25, 0.3) is 0 Å². The number of rotatable bonds is 12. The number of nitrogens with zero attached hydrogens (tertiary/aromatic N) is 2. The van der Waals surface area contributed by atoms with E-state index in [0.717, 1.165) is 58.0 Å². The number of carbonyl (C=O) groups is 1. The number of aryl methyl sites for hydroxylation is 2. The normalized spacial score (nSPS) is 11.9. The van der Waals surface area contributed by atoms with Gasteiger partial charge >= 0.3 is 5.97 Å². The lowest BCUT2D eigenvalue weighted by Crippen LogP contribution is -2.10. The first-order valence-electron chi connectivity index (χ1n) is 11.5. The first-order chi connectivity index (χ1) is 16.3. The highest BCUT2D eigenvalue weighted by atomic mass is 79.9. The Bertz CT molecular complexity index is 1150. The number of benzene rings is 2. The molecule has 1 aromatic heterocycles. The lowest BCUT2D eigenvalue weighted by atomic mass is 10.0. The highest BCUT2D eigenvalue weighted by molar-refractivity contribution is 9.10. The van der Waals surface area contributed by atoms with Crippen LogP contribution in [0.2, 0.25) is 0 Å². The van der Waals surface area contributed by atoms with E-state index >= 15 is 0 Å². The Balaban J connectivity index is 1.95. The number of aliphatic carboxylic acids is 1. The Labute approximate surface area is 209 Å². The maximum Gasteiger partial charge on any atom is 0.303 e. The number of hydrogen-bond acceptors (Lipinski definition) is 6. The summed E-state index contributed by atoms with van der Waals surface area (Å²) in [4.78, 5) is 20.2. The fourth-order valence-corrected chi connectivity index (χ4v) is 4.53. The van der Waals surface area contributed by atoms with E-state index in [1.54, 1.807) is 14.2 Å². The molecule has 0 radical (unpaired) electrons. The molecule has 7 nitrogen and oxygen atoms in total. The van der Waals surface area contributed by atoms with E-state index in [1.165, 1.54) is 0 Å². The first kappa shape index (κ1) is 25.7. The van der Waals surface area contributed by atoms with Gasteiger partial charge in [0.1, 0.15) is 11.6 Å². The molecule has 2 aromatic carbocycles. The van der Waals surface area contributed by atoms with Crippen LogP contribution in [0, 0.1) is 6.92 Å². The van der Waals surface area contributed by atoms with Crippen LogP contribution in [0.1, 0.15) is 62.0 Å². The van der Waals surface area contributed by atoms with Gasteiger partial charge in [0, 0.05) is 21.8 Å². The monoisotopic (exact) mass is 529 g/mol. The Morgan fingerprint density at radius 3 is 2.56 bits per heavy atom. The molecule has 0 spiro atoms. The summed E-state index contributed by atoms with van der Waals surface area (Å²) in [5.74, 6) is 2.00. The van der Waals surface area contributed by atoms with Crippen molar-refractivity contribution in [2.75, 3.05) is 19.5 Å². The smallest absolute Gasteiger partial charge is 0.303 e. The summed E-state index contributed by atoms with van der Waals surface area (Å²) in [6.07, 6.45) is 4.36. The molecule has 0 fully saturated rings. The number of anilines is 1. The van der Waals surface area contributed by atoms with Gasteiger partial charge in [0.2, 0.25) is 0 Å². The van der Waals surface area contributed by atoms with Crippen molar-refractivity contribution in [1.82, 2.24) is 9.97 Å². The summed E-state index contributed by atoms with van der Waals surface area (Å²) in [6, 6.07) is 10.2. The summed E-state index contributed by atoms with van der Waals surface area (Å²) in [5.41, 5.74) is 2.97. The van der Waals surface area contributed by atoms with Crippen LogP contribution in [-0.4, -0.2) is 35.3 Å². The zero-order chi connectivity index (χ0) is 24.7. The van der Waals surface area contributed by atoms with Crippen LogP contribution in [0.15, 0.2) is 34.8 Å². The zero-order valence-corrected chi connectivity index (χ0v) is 21.7. The molecule has 34 heavy (non-hydrogen) atoms. The largest absolute Gasteiger partial charge is 0.493 e. The Hall–Kier alpha value is -2.87. The maximum atomic E-state index is 10.7. The molecule has 2 N–H and O–H groups in total. The molecule has 0 aliphatic heterocycles.